The average molecular weight is 409 g/mol. The summed E-state index contributed by atoms with van der Waals surface area (Å²) >= 11 is 0. The van der Waals surface area contributed by atoms with Gasteiger partial charge in [-0.2, -0.15) is 0 Å². The molecule has 2 amide bonds. The number of ether oxygens (including phenoxy) is 1. The van der Waals surface area contributed by atoms with Gasteiger partial charge < -0.3 is 19.9 Å². The van der Waals surface area contributed by atoms with Crippen LogP contribution in [0.2, 0.25) is 0 Å². The van der Waals surface area contributed by atoms with E-state index in [0.717, 1.165) is 38.4 Å². The molecule has 2 saturated heterocycles. The zero-order valence-electron chi connectivity index (χ0n) is 17.1. The Morgan fingerprint density at radius 2 is 1.50 bits per heavy atom. The number of rotatable bonds is 4. The van der Waals surface area contributed by atoms with Crippen LogP contribution in [0.1, 0.15) is 5.56 Å². The molecule has 0 atom stereocenters. The van der Waals surface area contributed by atoms with Crippen LogP contribution in [0.4, 0.5) is 11.4 Å². The normalized spacial score (nSPS) is 17.6. The first-order valence-corrected chi connectivity index (χ1v) is 10.5. The molecule has 0 aromatic heterocycles. The van der Waals surface area contributed by atoms with Crippen LogP contribution in [0.3, 0.4) is 0 Å². The van der Waals surface area contributed by atoms with Gasteiger partial charge in [-0.3, -0.25) is 14.5 Å². The first-order chi connectivity index (χ1) is 14.7. The molecule has 0 bridgehead atoms. The summed E-state index contributed by atoms with van der Waals surface area (Å²) in [6.45, 7) is 6.37. The van der Waals surface area contributed by atoms with E-state index in [1.54, 1.807) is 4.90 Å². The fourth-order valence-corrected chi connectivity index (χ4v) is 3.93. The Hall–Kier alpha value is -2.90. The molecule has 1 N–H and O–H groups in total. The molecule has 4 rings (SSSR count). The molecule has 2 heterocycles. The predicted octanol–water partition coefficient (Wildman–Crippen LogP) is 1.81. The third kappa shape index (κ3) is 4.98. The van der Waals surface area contributed by atoms with Gasteiger partial charge in [0, 0.05) is 45.8 Å². The summed E-state index contributed by atoms with van der Waals surface area (Å²) in [5, 5.41) is 2.83. The number of nitrogens with zero attached hydrogens (tertiary/aromatic N) is 3. The van der Waals surface area contributed by atoms with E-state index < -0.39 is 11.8 Å². The number of para-hydroxylation sites is 2. The van der Waals surface area contributed by atoms with E-state index in [4.69, 9.17) is 4.74 Å². The average Bonchev–Trinajstić information content (AvgIpc) is 2.81. The maximum Gasteiger partial charge on any atom is 0.313 e. The van der Waals surface area contributed by atoms with Crippen molar-refractivity contribution in [2.45, 2.75) is 6.54 Å². The maximum absolute atomic E-state index is 12.7. The second-order valence-corrected chi connectivity index (χ2v) is 7.62. The molecule has 7 heteroatoms. The highest BCUT2D eigenvalue weighted by Crippen LogP contribution is 2.26. The van der Waals surface area contributed by atoms with Crippen LogP contribution in [-0.2, 0) is 20.9 Å². The molecule has 2 aromatic rings. The smallest absolute Gasteiger partial charge is 0.313 e. The monoisotopic (exact) mass is 408 g/mol. The number of carbonyl (C=O) groups excluding carboxylic acids is 2. The van der Waals surface area contributed by atoms with E-state index in [9.17, 15) is 9.59 Å². The summed E-state index contributed by atoms with van der Waals surface area (Å²) in [5.41, 5.74) is 2.85. The van der Waals surface area contributed by atoms with Crippen molar-refractivity contribution in [1.82, 2.24) is 9.80 Å². The van der Waals surface area contributed by atoms with Gasteiger partial charge in [0.15, 0.2) is 0 Å². The minimum absolute atomic E-state index is 0.467. The summed E-state index contributed by atoms with van der Waals surface area (Å²) in [6.07, 6.45) is 0. The Morgan fingerprint density at radius 1 is 0.833 bits per heavy atom. The number of piperazine rings is 1. The minimum Gasteiger partial charge on any atom is -0.378 e. The van der Waals surface area contributed by atoms with Gasteiger partial charge in [0.1, 0.15) is 0 Å². The topological polar surface area (TPSA) is 65.1 Å². The quantitative estimate of drug-likeness (QED) is 0.782. The number of carbonyl (C=O) groups is 2. The number of hydrogen-bond donors (Lipinski definition) is 1. The van der Waals surface area contributed by atoms with Crippen molar-refractivity contribution >= 4 is 23.2 Å². The SMILES string of the molecule is O=C(Nc1ccccc1N1CCOCC1)C(=O)N1CCN(Cc2ccccc2)CC1. The largest absolute Gasteiger partial charge is 0.378 e. The number of nitrogens with one attached hydrogen (secondary N) is 1. The highest BCUT2D eigenvalue weighted by molar-refractivity contribution is 6.39. The van der Waals surface area contributed by atoms with Gasteiger partial charge in [0.05, 0.1) is 24.6 Å². The summed E-state index contributed by atoms with van der Waals surface area (Å²) in [7, 11) is 0. The van der Waals surface area contributed by atoms with Gasteiger partial charge in [-0.05, 0) is 17.7 Å². The fourth-order valence-electron chi connectivity index (χ4n) is 3.93. The Labute approximate surface area is 177 Å². The molecular weight excluding hydrogens is 380 g/mol. The van der Waals surface area contributed by atoms with Gasteiger partial charge in [-0.15, -0.1) is 0 Å². The summed E-state index contributed by atoms with van der Waals surface area (Å²) in [6, 6.07) is 17.9. The van der Waals surface area contributed by atoms with Crippen LogP contribution in [0, 0.1) is 0 Å². The predicted molar refractivity (Wildman–Crippen MR) is 116 cm³/mol. The van der Waals surface area contributed by atoms with Crippen LogP contribution in [0.15, 0.2) is 54.6 Å². The molecule has 2 aliphatic rings. The van der Waals surface area contributed by atoms with E-state index in [0.29, 0.717) is 32.0 Å². The van der Waals surface area contributed by atoms with Crippen molar-refractivity contribution in [3.63, 3.8) is 0 Å². The van der Waals surface area contributed by atoms with E-state index in [2.05, 4.69) is 27.2 Å². The first kappa shape index (κ1) is 20.4. The number of benzene rings is 2. The van der Waals surface area contributed by atoms with E-state index in [-0.39, 0.29) is 0 Å². The summed E-state index contributed by atoms with van der Waals surface area (Å²) in [4.78, 5) is 31.5. The molecular formula is C23H28N4O3. The third-order valence-electron chi connectivity index (χ3n) is 5.61. The molecule has 2 fully saturated rings. The van der Waals surface area contributed by atoms with E-state index in [1.807, 2.05) is 42.5 Å². The molecule has 158 valence electrons. The highest BCUT2D eigenvalue weighted by Gasteiger charge is 2.27. The van der Waals surface area contributed by atoms with Gasteiger partial charge in [-0.1, -0.05) is 42.5 Å². The number of morpholine rings is 1. The Kier molecular flexibility index (Phi) is 6.61. The maximum atomic E-state index is 12.7. The molecule has 2 aliphatic heterocycles. The van der Waals surface area contributed by atoms with Crippen LogP contribution in [0.25, 0.3) is 0 Å². The molecule has 0 radical (unpaired) electrons. The molecule has 30 heavy (non-hydrogen) atoms. The second-order valence-electron chi connectivity index (χ2n) is 7.62. The van der Waals surface area contributed by atoms with Crippen molar-refractivity contribution in [1.29, 1.82) is 0 Å². The molecule has 2 aromatic carbocycles. The standard InChI is InChI=1S/C23H28N4O3/c28-22(24-20-8-4-5-9-21(20)26-14-16-30-17-15-26)23(29)27-12-10-25(11-13-27)18-19-6-2-1-3-7-19/h1-9H,10-18H2,(H,24,28). The third-order valence-corrected chi connectivity index (χ3v) is 5.61. The van der Waals surface area contributed by atoms with Gasteiger partial charge in [0.2, 0.25) is 0 Å². The fraction of sp³-hybridized carbons (Fsp3) is 0.391. The Bertz CT molecular complexity index is 860. The Morgan fingerprint density at radius 3 is 2.23 bits per heavy atom. The second kappa shape index (κ2) is 9.73. The lowest BCUT2D eigenvalue weighted by Gasteiger charge is -2.34. The summed E-state index contributed by atoms with van der Waals surface area (Å²) < 4.78 is 5.41. The van der Waals surface area contributed by atoms with Crippen molar-refractivity contribution in [3.8, 4) is 0 Å². The van der Waals surface area contributed by atoms with Gasteiger partial charge in [0.25, 0.3) is 0 Å². The lowest BCUT2D eigenvalue weighted by atomic mass is 10.2. The molecule has 0 saturated carbocycles. The van der Waals surface area contributed by atoms with Crippen molar-refractivity contribution < 1.29 is 14.3 Å². The first-order valence-electron chi connectivity index (χ1n) is 10.5. The number of hydrogen-bond acceptors (Lipinski definition) is 5. The molecule has 0 unspecified atom stereocenters. The number of amides is 2. The van der Waals surface area contributed by atoms with Crippen LogP contribution >= 0.6 is 0 Å². The van der Waals surface area contributed by atoms with Crippen molar-refractivity contribution in [3.05, 3.63) is 60.2 Å². The van der Waals surface area contributed by atoms with Crippen molar-refractivity contribution in [2.75, 3.05) is 62.7 Å². The molecule has 0 spiro atoms. The lowest BCUT2D eigenvalue weighted by molar-refractivity contribution is -0.144. The lowest BCUT2D eigenvalue weighted by Crippen LogP contribution is -2.51. The molecule has 7 nitrogen and oxygen atoms in total. The number of anilines is 2. The summed E-state index contributed by atoms with van der Waals surface area (Å²) in [5.74, 6) is -1.04. The van der Waals surface area contributed by atoms with E-state index >= 15 is 0 Å². The van der Waals surface area contributed by atoms with Crippen LogP contribution in [-0.4, -0.2) is 74.1 Å². The minimum atomic E-state index is -0.577. The van der Waals surface area contributed by atoms with Crippen LogP contribution < -0.4 is 10.2 Å². The zero-order valence-corrected chi connectivity index (χ0v) is 17.1. The zero-order chi connectivity index (χ0) is 20.8. The highest BCUT2D eigenvalue weighted by atomic mass is 16.5. The Balaban J connectivity index is 1.32. The van der Waals surface area contributed by atoms with Crippen molar-refractivity contribution in [2.24, 2.45) is 0 Å². The van der Waals surface area contributed by atoms with Gasteiger partial charge >= 0.3 is 11.8 Å². The van der Waals surface area contributed by atoms with Crippen LogP contribution in [0.5, 0.6) is 0 Å². The van der Waals surface area contributed by atoms with Gasteiger partial charge in [-0.25, -0.2) is 0 Å². The van der Waals surface area contributed by atoms with E-state index in [1.165, 1.54) is 5.56 Å². The molecule has 0 aliphatic carbocycles.